The average molecular weight is 216 g/mol. The quantitative estimate of drug-likeness (QED) is 0.810. The van der Waals surface area contributed by atoms with Gasteiger partial charge in [-0.25, -0.2) is 8.42 Å². The van der Waals surface area contributed by atoms with Gasteiger partial charge in [0.05, 0.1) is 25.2 Å². The summed E-state index contributed by atoms with van der Waals surface area (Å²) in [6, 6.07) is 1.61. The molecule has 0 saturated carbocycles. The van der Waals surface area contributed by atoms with Gasteiger partial charge in [0.15, 0.2) is 5.75 Å². The van der Waals surface area contributed by atoms with Gasteiger partial charge in [0.2, 0.25) is 10.0 Å². The summed E-state index contributed by atoms with van der Waals surface area (Å²) >= 11 is 0. The van der Waals surface area contributed by atoms with Crippen LogP contribution in [0, 0.1) is 6.92 Å². The Morgan fingerprint density at radius 3 is 2.64 bits per heavy atom. The molecule has 1 aromatic rings. The molecule has 14 heavy (non-hydrogen) atoms. The molecule has 0 aliphatic heterocycles. The minimum atomic E-state index is -3.28. The Labute approximate surface area is 83.2 Å². The molecular formula is C8H12N2O3S. The van der Waals surface area contributed by atoms with Crippen molar-refractivity contribution in [2.24, 2.45) is 0 Å². The number of rotatable bonds is 3. The van der Waals surface area contributed by atoms with E-state index in [-0.39, 0.29) is 0 Å². The Morgan fingerprint density at radius 1 is 1.50 bits per heavy atom. The van der Waals surface area contributed by atoms with E-state index >= 15 is 0 Å². The highest BCUT2D eigenvalue weighted by molar-refractivity contribution is 7.92. The van der Waals surface area contributed by atoms with Crippen LogP contribution in [-0.4, -0.2) is 26.8 Å². The maximum Gasteiger partial charge on any atom is 0.229 e. The number of nitrogens with zero attached hydrogens (tertiary/aromatic N) is 1. The van der Waals surface area contributed by atoms with Crippen molar-refractivity contribution in [3.8, 4) is 5.75 Å². The van der Waals surface area contributed by atoms with Crippen LogP contribution in [0.5, 0.6) is 5.75 Å². The Hall–Kier alpha value is -1.30. The largest absolute Gasteiger partial charge is 0.493 e. The number of ether oxygens (including phenoxy) is 1. The Balaban J connectivity index is 3.11. The van der Waals surface area contributed by atoms with Crippen molar-refractivity contribution in [1.29, 1.82) is 0 Å². The summed E-state index contributed by atoms with van der Waals surface area (Å²) in [6.07, 6.45) is 2.56. The highest BCUT2D eigenvalue weighted by atomic mass is 32.2. The van der Waals surface area contributed by atoms with E-state index in [9.17, 15) is 8.42 Å². The van der Waals surface area contributed by atoms with Gasteiger partial charge in [-0.1, -0.05) is 0 Å². The van der Waals surface area contributed by atoms with Crippen molar-refractivity contribution >= 4 is 15.7 Å². The number of anilines is 1. The monoisotopic (exact) mass is 216 g/mol. The zero-order chi connectivity index (χ0) is 10.8. The number of aryl methyl sites for hydroxylation is 1. The molecule has 0 saturated heterocycles. The van der Waals surface area contributed by atoms with E-state index < -0.39 is 10.0 Å². The molecule has 6 heteroatoms. The minimum absolute atomic E-state index is 0.404. The number of hydrogen-bond acceptors (Lipinski definition) is 4. The second kappa shape index (κ2) is 3.83. The molecule has 0 aliphatic carbocycles. The fraction of sp³-hybridized carbons (Fsp3) is 0.375. The van der Waals surface area contributed by atoms with Crippen molar-refractivity contribution in [1.82, 2.24) is 4.98 Å². The third-order valence-corrected chi connectivity index (χ3v) is 2.11. The van der Waals surface area contributed by atoms with Gasteiger partial charge in [-0.3, -0.25) is 9.71 Å². The number of hydrogen-bond donors (Lipinski definition) is 1. The summed E-state index contributed by atoms with van der Waals surface area (Å²) in [4.78, 5) is 3.98. The lowest BCUT2D eigenvalue weighted by molar-refractivity contribution is 0.415. The van der Waals surface area contributed by atoms with Crippen molar-refractivity contribution in [2.75, 3.05) is 18.1 Å². The third kappa shape index (κ3) is 2.88. The van der Waals surface area contributed by atoms with E-state index in [1.165, 1.54) is 13.3 Å². The standard InChI is InChI=1S/C8H12N2O3S/c1-6-4-7(10-14(3,11)12)8(13-2)5-9-6/h4-5H,1-3H3,(H,9,10). The number of methoxy groups -OCH3 is 1. The van der Waals surface area contributed by atoms with Gasteiger partial charge in [-0.2, -0.15) is 0 Å². The molecule has 0 spiro atoms. The Morgan fingerprint density at radius 2 is 2.14 bits per heavy atom. The molecule has 5 nitrogen and oxygen atoms in total. The van der Waals surface area contributed by atoms with E-state index in [4.69, 9.17) is 4.74 Å². The molecule has 0 bridgehead atoms. The first-order valence-electron chi connectivity index (χ1n) is 3.91. The molecule has 0 unspecified atom stereocenters. The van der Waals surface area contributed by atoms with Crippen molar-refractivity contribution in [2.45, 2.75) is 6.92 Å². The second-order valence-corrected chi connectivity index (χ2v) is 4.65. The lowest BCUT2D eigenvalue weighted by Crippen LogP contribution is -2.10. The summed E-state index contributed by atoms with van der Waals surface area (Å²) in [5, 5.41) is 0. The van der Waals surface area contributed by atoms with Crippen molar-refractivity contribution in [3.05, 3.63) is 18.0 Å². The zero-order valence-corrected chi connectivity index (χ0v) is 9.05. The van der Waals surface area contributed by atoms with Gasteiger partial charge in [0.1, 0.15) is 0 Å². The maximum atomic E-state index is 11.0. The van der Waals surface area contributed by atoms with E-state index in [1.54, 1.807) is 13.0 Å². The zero-order valence-electron chi connectivity index (χ0n) is 8.23. The summed E-state index contributed by atoms with van der Waals surface area (Å²) < 4.78 is 29.3. The molecular weight excluding hydrogens is 204 g/mol. The molecule has 0 aliphatic rings. The molecule has 1 N–H and O–H groups in total. The van der Waals surface area contributed by atoms with Gasteiger partial charge in [0.25, 0.3) is 0 Å². The normalized spacial score (nSPS) is 11.1. The molecule has 1 aromatic heterocycles. The first-order chi connectivity index (χ1) is 6.42. The molecule has 78 valence electrons. The molecule has 1 rings (SSSR count). The van der Waals surface area contributed by atoms with E-state index in [2.05, 4.69) is 9.71 Å². The molecule has 0 aromatic carbocycles. The average Bonchev–Trinajstić information content (AvgIpc) is 2.01. The SMILES string of the molecule is COc1cnc(C)cc1NS(C)(=O)=O. The van der Waals surface area contributed by atoms with Crippen molar-refractivity contribution < 1.29 is 13.2 Å². The lowest BCUT2D eigenvalue weighted by Gasteiger charge is -2.09. The van der Waals surface area contributed by atoms with Crippen LogP contribution in [0.4, 0.5) is 5.69 Å². The fourth-order valence-electron chi connectivity index (χ4n) is 0.989. The Kier molecular flexibility index (Phi) is 2.95. The number of sulfonamides is 1. The van der Waals surface area contributed by atoms with Crippen LogP contribution >= 0.6 is 0 Å². The highest BCUT2D eigenvalue weighted by Crippen LogP contribution is 2.23. The topological polar surface area (TPSA) is 68.3 Å². The molecule has 0 atom stereocenters. The van der Waals surface area contributed by atoms with Crippen LogP contribution in [0.3, 0.4) is 0 Å². The smallest absolute Gasteiger partial charge is 0.229 e. The van der Waals surface area contributed by atoms with Crippen LogP contribution in [0.1, 0.15) is 5.69 Å². The number of nitrogens with one attached hydrogen (secondary N) is 1. The second-order valence-electron chi connectivity index (χ2n) is 2.90. The molecule has 0 amide bonds. The maximum absolute atomic E-state index is 11.0. The Bertz CT molecular complexity index is 428. The van der Waals surface area contributed by atoms with Crippen LogP contribution < -0.4 is 9.46 Å². The summed E-state index contributed by atoms with van der Waals surface area (Å²) in [6.45, 7) is 1.77. The molecule has 0 fully saturated rings. The van der Waals surface area contributed by atoms with Gasteiger partial charge in [0, 0.05) is 5.69 Å². The van der Waals surface area contributed by atoms with Gasteiger partial charge >= 0.3 is 0 Å². The van der Waals surface area contributed by atoms with Gasteiger partial charge in [-0.15, -0.1) is 0 Å². The molecule has 1 heterocycles. The molecule has 0 radical (unpaired) electrons. The van der Waals surface area contributed by atoms with E-state index in [1.807, 2.05) is 0 Å². The third-order valence-electron chi connectivity index (χ3n) is 1.52. The fourth-order valence-corrected chi connectivity index (χ4v) is 1.55. The summed E-state index contributed by atoms with van der Waals surface area (Å²) in [5.74, 6) is 0.404. The summed E-state index contributed by atoms with van der Waals surface area (Å²) in [7, 11) is -1.83. The van der Waals surface area contributed by atoms with E-state index in [0.29, 0.717) is 11.4 Å². The summed E-state index contributed by atoms with van der Waals surface area (Å²) in [5.41, 5.74) is 1.12. The van der Waals surface area contributed by atoms with Crippen LogP contribution in [0.2, 0.25) is 0 Å². The van der Waals surface area contributed by atoms with Crippen LogP contribution in [0.25, 0.3) is 0 Å². The van der Waals surface area contributed by atoms with Crippen LogP contribution in [0.15, 0.2) is 12.3 Å². The predicted octanol–water partition coefficient (Wildman–Crippen LogP) is 0.770. The predicted molar refractivity (Wildman–Crippen MR) is 54.0 cm³/mol. The first-order valence-corrected chi connectivity index (χ1v) is 5.80. The lowest BCUT2D eigenvalue weighted by atomic mass is 10.3. The van der Waals surface area contributed by atoms with Gasteiger partial charge in [-0.05, 0) is 13.0 Å². The minimum Gasteiger partial charge on any atom is -0.493 e. The van der Waals surface area contributed by atoms with E-state index in [0.717, 1.165) is 11.9 Å². The first kappa shape index (κ1) is 10.8. The van der Waals surface area contributed by atoms with Crippen molar-refractivity contribution in [3.63, 3.8) is 0 Å². The van der Waals surface area contributed by atoms with Crippen LogP contribution in [-0.2, 0) is 10.0 Å². The number of aromatic nitrogens is 1. The van der Waals surface area contributed by atoms with Gasteiger partial charge < -0.3 is 4.74 Å². The number of pyridine rings is 1. The highest BCUT2D eigenvalue weighted by Gasteiger charge is 2.08.